The second-order valence-electron chi connectivity index (χ2n) is 9.99. The predicted molar refractivity (Wildman–Crippen MR) is 153 cm³/mol. The van der Waals surface area contributed by atoms with Crippen LogP contribution in [-0.2, 0) is 6.54 Å². The van der Waals surface area contributed by atoms with Crippen molar-refractivity contribution in [2.24, 2.45) is 0 Å². The van der Waals surface area contributed by atoms with Crippen LogP contribution in [0.5, 0.6) is 5.75 Å². The molecule has 3 heterocycles. The minimum Gasteiger partial charge on any atom is -0.497 e. The first-order valence-electron chi connectivity index (χ1n) is 13.0. The zero-order valence-corrected chi connectivity index (χ0v) is 22.6. The molecule has 3 aromatic carbocycles. The van der Waals surface area contributed by atoms with Crippen LogP contribution in [0.4, 0.5) is 10.5 Å². The van der Waals surface area contributed by atoms with Gasteiger partial charge in [-0.3, -0.25) is 0 Å². The summed E-state index contributed by atoms with van der Waals surface area (Å²) in [5.41, 5.74) is 7.68. The number of amides is 2. The van der Waals surface area contributed by atoms with Crippen LogP contribution in [0, 0.1) is 20.8 Å². The number of para-hydroxylation sites is 1. The van der Waals surface area contributed by atoms with Crippen LogP contribution >= 0.6 is 0 Å². The van der Waals surface area contributed by atoms with E-state index < -0.39 is 0 Å². The van der Waals surface area contributed by atoms with Crippen molar-refractivity contribution in [1.82, 2.24) is 19.2 Å². The number of carbonyl (C=O) groups is 1. The molecule has 0 spiro atoms. The molecule has 0 unspecified atom stereocenters. The van der Waals surface area contributed by atoms with Crippen molar-refractivity contribution in [3.63, 3.8) is 0 Å². The van der Waals surface area contributed by atoms with Crippen LogP contribution < -0.4 is 10.1 Å². The fourth-order valence-corrected chi connectivity index (χ4v) is 5.37. The zero-order valence-electron chi connectivity index (χ0n) is 22.6. The Morgan fingerprint density at radius 2 is 1.77 bits per heavy atom. The summed E-state index contributed by atoms with van der Waals surface area (Å²) in [6, 6.07) is 27.7. The van der Waals surface area contributed by atoms with E-state index >= 15 is 0 Å². The molecular formula is C32H31N5O2. The number of nitrogens with zero attached hydrogens (tertiary/aromatic N) is 4. The highest BCUT2D eigenvalue weighted by atomic mass is 16.5. The Bertz CT molecular complexity index is 1670. The molecule has 0 fully saturated rings. The summed E-state index contributed by atoms with van der Waals surface area (Å²) < 4.78 is 9.71. The Morgan fingerprint density at radius 3 is 2.56 bits per heavy atom. The highest BCUT2D eigenvalue weighted by Gasteiger charge is 2.36. The van der Waals surface area contributed by atoms with E-state index in [4.69, 9.17) is 9.84 Å². The second kappa shape index (κ2) is 9.83. The molecule has 6 rings (SSSR count). The number of hydrogen-bond acceptors (Lipinski definition) is 3. The molecule has 1 atom stereocenters. The number of hydrogen-bond donors (Lipinski definition) is 1. The minimum absolute atomic E-state index is 0.177. The Labute approximate surface area is 228 Å². The Kier molecular flexibility index (Phi) is 6.19. The molecule has 7 heteroatoms. The summed E-state index contributed by atoms with van der Waals surface area (Å²) in [5.74, 6) is 1.68. The number of anilines is 1. The molecule has 1 aliphatic rings. The summed E-state index contributed by atoms with van der Waals surface area (Å²) in [4.78, 5) is 16.1. The Hall–Kier alpha value is -4.78. The molecule has 0 bridgehead atoms. The first kappa shape index (κ1) is 24.6. The van der Waals surface area contributed by atoms with Crippen molar-refractivity contribution in [2.45, 2.75) is 33.4 Å². The minimum atomic E-state index is -0.365. The molecule has 0 saturated carbocycles. The number of benzene rings is 3. The van der Waals surface area contributed by atoms with E-state index in [-0.39, 0.29) is 12.1 Å². The lowest BCUT2D eigenvalue weighted by molar-refractivity contribution is 0.194. The molecule has 2 aromatic heterocycles. The molecule has 5 aromatic rings. The van der Waals surface area contributed by atoms with Gasteiger partial charge in [0.2, 0.25) is 0 Å². The van der Waals surface area contributed by atoms with Crippen LogP contribution in [0.15, 0.2) is 91.1 Å². The topological polar surface area (TPSA) is 64.3 Å². The molecule has 0 aliphatic carbocycles. The van der Waals surface area contributed by atoms with Crippen LogP contribution in [0.3, 0.4) is 0 Å². The average Bonchev–Trinajstić information content (AvgIpc) is 3.51. The van der Waals surface area contributed by atoms with Gasteiger partial charge in [-0.05, 0) is 79.9 Å². The van der Waals surface area contributed by atoms with Crippen LogP contribution in [0.25, 0.3) is 11.5 Å². The third-order valence-electron chi connectivity index (χ3n) is 7.39. The van der Waals surface area contributed by atoms with Crippen molar-refractivity contribution in [2.75, 3.05) is 12.4 Å². The largest absolute Gasteiger partial charge is 0.497 e. The summed E-state index contributed by atoms with van der Waals surface area (Å²) in [6.45, 7) is 6.43. The van der Waals surface area contributed by atoms with Crippen LogP contribution in [0.1, 0.15) is 39.7 Å². The van der Waals surface area contributed by atoms with Gasteiger partial charge in [0, 0.05) is 17.4 Å². The summed E-state index contributed by atoms with van der Waals surface area (Å²) >= 11 is 0. The van der Waals surface area contributed by atoms with E-state index in [9.17, 15) is 4.79 Å². The maximum Gasteiger partial charge on any atom is 0.322 e. The maximum atomic E-state index is 14.2. The summed E-state index contributed by atoms with van der Waals surface area (Å²) in [5, 5.41) is 8.14. The van der Waals surface area contributed by atoms with Gasteiger partial charge in [0.05, 0.1) is 36.8 Å². The number of carbonyl (C=O) groups excluding carboxylic acids is 1. The van der Waals surface area contributed by atoms with Crippen molar-refractivity contribution in [3.8, 4) is 17.3 Å². The zero-order chi connectivity index (χ0) is 27.1. The van der Waals surface area contributed by atoms with Gasteiger partial charge in [-0.15, -0.1) is 0 Å². The molecule has 39 heavy (non-hydrogen) atoms. The van der Waals surface area contributed by atoms with Gasteiger partial charge in [0.25, 0.3) is 0 Å². The molecule has 7 nitrogen and oxygen atoms in total. The Morgan fingerprint density at radius 1 is 0.949 bits per heavy atom. The van der Waals surface area contributed by atoms with Crippen molar-refractivity contribution >= 4 is 11.7 Å². The molecule has 2 amide bonds. The smallest absolute Gasteiger partial charge is 0.322 e. The second-order valence-corrected chi connectivity index (χ2v) is 9.99. The van der Waals surface area contributed by atoms with Crippen LogP contribution in [-0.4, -0.2) is 32.4 Å². The molecule has 0 radical (unpaired) electrons. The van der Waals surface area contributed by atoms with E-state index in [1.165, 1.54) is 0 Å². The highest BCUT2D eigenvalue weighted by Crippen LogP contribution is 2.39. The number of urea groups is 1. The number of nitrogens with one attached hydrogen (secondary N) is 1. The van der Waals surface area contributed by atoms with E-state index in [1.807, 2.05) is 103 Å². The van der Waals surface area contributed by atoms with Gasteiger partial charge in [-0.25, -0.2) is 9.48 Å². The standard InChI is InChI=1S/C32H31N5O2/c1-21-15-16-22(2)28(18-21)33-32(38)36-20-27-23(3)34-37(25-11-6-5-7-12-25)31(27)35-17-9-14-29(35)30(36)24-10-8-13-26(19-24)39-4/h5-19,30H,20H2,1-4H3,(H,33,38)/t30-/m0/s1. The molecule has 1 aliphatic heterocycles. The molecule has 0 saturated heterocycles. The van der Waals surface area contributed by atoms with Crippen molar-refractivity contribution < 1.29 is 9.53 Å². The van der Waals surface area contributed by atoms with Crippen LogP contribution in [0.2, 0.25) is 0 Å². The number of methoxy groups -OCH3 is 1. The van der Waals surface area contributed by atoms with E-state index in [2.05, 4.69) is 28.1 Å². The fourth-order valence-electron chi connectivity index (χ4n) is 5.37. The quantitative estimate of drug-likeness (QED) is 0.287. The van der Waals surface area contributed by atoms with Gasteiger partial charge >= 0.3 is 6.03 Å². The third kappa shape index (κ3) is 4.36. The van der Waals surface area contributed by atoms with E-state index in [0.29, 0.717) is 6.54 Å². The highest BCUT2D eigenvalue weighted by molar-refractivity contribution is 5.91. The Balaban J connectivity index is 1.55. The van der Waals surface area contributed by atoms with Gasteiger partial charge in [-0.1, -0.05) is 42.5 Å². The van der Waals surface area contributed by atoms with Gasteiger partial charge in [0.1, 0.15) is 11.6 Å². The number of fused-ring (bicyclic) bond motifs is 3. The SMILES string of the molecule is COc1cccc([C@H]2c3cccn3-c3c(c(C)nn3-c3ccccc3)CN2C(=O)Nc2cc(C)ccc2C)c1. The summed E-state index contributed by atoms with van der Waals surface area (Å²) in [7, 11) is 1.66. The number of aromatic nitrogens is 3. The first-order valence-corrected chi connectivity index (χ1v) is 13.0. The van der Waals surface area contributed by atoms with Crippen molar-refractivity contribution in [3.05, 3.63) is 125 Å². The fraction of sp³-hybridized carbons (Fsp3) is 0.188. The number of aryl methyl sites for hydroxylation is 3. The van der Waals surface area contributed by atoms with Crippen molar-refractivity contribution in [1.29, 1.82) is 0 Å². The third-order valence-corrected chi connectivity index (χ3v) is 7.39. The lowest BCUT2D eigenvalue weighted by Crippen LogP contribution is -2.38. The summed E-state index contributed by atoms with van der Waals surface area (Å²) in [6.07, 6.45) is 2.05. The number of rotatable bonds is 4. The van der Waals surface area contributed by atoms with Gasteiger partial charge in [-0.2, -0.15) is 5.10 Å². The lowest BCUT2D eigenvalue weighted by atomic mass is 10.0. The maximum absolute atomic E-state index is 14.2. The lowest BCUT2D eigenvalue weighted by Gasteiger charge is -2.31. The monoisotopic (exact) mass is 517 g/mol. The van der Waals surface area contributed by atoms with Gasteiger partial charge < -0.3 is 19.5 Å². The molecule has 196 valence electrons. The van der Waals surface area contributed by atoms with E-state index in [1.54, 1.807) is 7.11 Å². The average molecular weight is 518 g/mol. The normalized spacial score (nSPS) is 14.4. The molecule has 1 N–H and O–H groups in total. The number of ether oxygens (including phenoxy) is 1. The van der Waals surface area contributed by atoms with Gasteiger partial charge in [0.15, 0.2) is 0 Å². The molecular weight excluding hydrogens is 486 g/mol. The van der Waals surface area contributed by atoms with E-state index in [0.717, 1.165) is 56.6 Å². The first-order chi connectivity index (χ1) is 18.9. The predicted octanol–water partition coefficient (Wildman–Crippen LogP) is 6.73.